The molecule has 138 valence electrons. The van der Waals surface area contributed by atoms with Crippen molar-refractivity contribution in [3.05, 3.63) is 60.2 Å². The SMILES string of the molecule is COc1ccc(CN2CCN(CC(=O)N(C)c3ccccc3)CC2)cc1. The molecule has 2 aromatic carbocycles. The summed E-state index contributed by atoms with van der Waals surface area (Å²) in [5.74, 6) is 1.03. The number of amides is 1. The fourth-order valence-electron chi connectivity index (χ4n) is 3.19. The Labute approximate surface area is 155 Å². The molecule has 1 aliphatic heterocycles. The highest BCUT2D eigenvalue weighted by atomic mass is 16.5. The van der Waals surface area contributed by atoms with Gasteiger partial charge in [0.1, 0.15) is 5.75 Å². The van der Waals surface area contributed by atoms with Crippen molar-refractivity contribution in [3.63, 3.8) is 0 Å². The van der Waals surface area contributed by atoms with Gasteiger partial charge in [-0.25, -0.2) is 0 Å². The number of hydrogen-bond acceptors (Lipinski definition) is 4. The van der Waals surface area contributed by atoms with E-state index in [9.17, 15) is 4.79 Å². The number of carbonyl (C=O) groups excluding carboxylic acids is 1. The lowest BCUT2D eigenvalue weighted by Crippen LogP contribution is -2.49. The van der Waals surface area contributed by atoms with Crippen LogP contribution in [0.15, 0.2) is 54.6 Å². The van der Waals surface area contributed by atoms with Crippen LogP contribution in [0.3, 0.4) is 0 Å². The highest BCUT2D eigenvalue weighted by Gasteiger charge is 2.21. The van der Waals surface area contributed by atoms with E-state index in [4.69, 9.17) is 4.74 Å². The molecule has 0 aliphatic carbocycles. The molecule has 0 unspecified atom stereocenters. The lowest BCUT2D eigenvalue weighted by Gasteiger charge is -2.35. The van der Waals surface area contributed by atoms with Crippen molar-refractivity contribution in [2.24, 2.45) is 0 Å². The minimum absolute atomic E-state index is 0.139. The molecule has 0 N–H and O–H groups in total. The fourth-order valence-corrected chi connectivity index (χ4v) is 3.19. The number of ether oxygens (including phenoxy) is 1. The number of carbonyl (C=O) groups is 1. The van der Waals surface area contributed by atoms with Crippen molar-refractivity contribution in [2.45, 2.75) is 6.54 Å². The first-order valence-electron chi connectivity index (χ1n) is 9.05. The summed E-state index contributed by atoms with van der Waals surface area (Å²) in [7, 11) is 3.53. The molecule has 0 aromatic heterocycles. The Morgan fingerprint density at radius 1 is 0.962 bits per heavy atom. The van der Waals surface area contributed by atoms with Gasteiger partial charge in [-0.05, 0) is 29.8 Å². The summed E-state index contributed by atoms with van der Waals surface area (Å²) in [4.78, 5) is 18.9. The van der Waals surface area contributed by atoms with Crippen molar-refractivity contribution in [1.82, 2.24) is 9.80 Å². The second-order valence-corrected chi connectivity index (χ2v) is 6.69. The smallest absolute Gasteiger partial charge is 0.240 e. The van der Waals surface area contributed by atoms with Gasteiger partial charge in [-0.15, -0.1) is 0 Å². The number of likely N-dealkylation sites (N-methyl/N-ethyl adjacent to an activating group) is 1. The number of para-hydroxylation sites is 1. The van der Waals surface area contributed by atoms with Gasteiger partial charge in [0.2, 0.25) is 5.91 Å². The van der Waals surface area contributed by atoms with E-state index in [0.29, 0.717) is 6.54 Å². The van der Waals surface area contributed by atoms with E-state index in [1.807, 2.05) is 49.5 Å². The van der Waals surface area contributed by atoms with E-state index in [1.165, 1.54) is 5.56 Å². The van der Waals surface area contributed by atoms with Crippen molar-refractivity contribution >= 4 is 11.6 Å². The third-order valence-corrected chi connectivity index (χ3v) is 4.91. The second kappa shape index (κ2) is 8.83. The molecule has 2 aromatic rings. The number of hydrogen-bond donors (Lipinski definition) is 0. The van der Waals surface area contributed by atoms with Crippen LogP contribution in [0.5, 0.6) is 5.75 Å². The van der Waals surface area contributed by atoms with E-state index in [1.54, 1.807) is 12.0 Å². The quantitative estimate of drug-likeness (QED) is 0.799. The zero-order valence-corrected chi connectivity index (χ0v) is 15.6. The third-order valence-electron chi connectivity index (χ3n) is 4.91. The van der Waals surface area contributed by atoms with Crippen molar-refractivity contribution in [2.75, 3.05) is 51.8 Å². The molecule has 1 saturated heterocycles. The molecule has 0 radical (unpaired) electrons. The zero-order valence-electron chi connectivity index (χ0n) is 15.6. The van der Waals surface area contributed by atoms with Crippen LogP contribution in [-0.2, 0) is 11.3 Å². The Bertz CT molecular complexity index is 695. The second-order valence-electron chi connectivity index (χ2n) is 6.69. The van der Waals surface area contributed by atoms with Crippen molar-refractivity contribution in [3.8, 4) is 5.75 Å². The average Bonchev–Trinajstić information content (AvgIpc) is 2.70. The van der Waals surface area contributed by atoms with Gasteiger partial charge in [-0.1, -0.05) is 30.3 Å². The summed E-state index contributed by atoms with van der Waals surface area (Å²) >= 11 is 0. The largest absolute Gasteiger partial charge is 0.497 e. The molecule has 0 atom stereocenters. The van der Waals surface area contributed by atoms with Gasteiger partial charge >= 0.3 is 0 Å². The Kier molecular flexibility index (Phi) is 6.26. The van der Waals surface area contributed by atoms with Crippen LogP contribution in [0.25, 0.3) is 0 Å². The third kappa shape index (κ3) is 4.84. The molecule has 1 aliphatic rings. The average molecular weight is 353 g/mol. The lowest BCUT2D eigenvalue weighted by molar-refractivity contribution is -0.119. The molecule has 5 heteroatoms. The van der Waals surface area contributed by atoms with Crippen LogP contribution in [0.1, 0.15) is 5.56 Å². The van der Waals surface area contributed by atoms with Gasteiger partial charge in [-0.2, -0.15) is 0 Å². The van der Waals surface area contributed by atoms with E-state index in [2.05, 4.69) is 21.9 Å². The number of rotatable bonds is 6. The summed E-state index contributed by atoms with van der Waals surface area (Å²) in [6.45, 7) is 5.22. The van der Waals surface area contributed by atoms with Gasteiger partial charge in [-0.3, -0.25) is 14.6 Å². The van der Waals surface area contributed by atoms with Gasteiger partial charge < -0.3 is 9.64 Å². The number of nitrogens with zero attached hydrogens (tertiary/aromatic N) is 3. The topological polar surface area (TPSA) is 36.0 Å². The minimum atomic E-state index is 0.139. The van der Waals surface area contributed by atoms with Crippen LogP contribution in [0.4, 0.5) is 5.69 Å². The number of piperazine rings is 1. The van der Waals surface area contributed by atoms with Gasteiger partial charge in [0.05, 0.1) is 13.7 Å². The number of benzene rings is 2. The molecule has 1 amide bonds. The van der Waals surface area contributed by atoms with Crippen LogP contribution < -0.4 is 9.64 Å². The van der Waals surface area contributed by atoms with Crippen molar-refractivity contribution in [1.29, 1.82) is 0 Å². The molecule has 1 fully saturated rings. The molecule has 1 heterocycles. The molecular weight excluding hydrogens is 326 g/mol. The molecule has 3 rings (SSSR count). The molecule has 0 saturated carbocycles. The first-order chi connectivity index (χ1) is 12.7. The van der Waals surface area contributed by atoms with E-state index in [-0.39, 0.29) is 5.91 Å². The van der Waals surface area contributed by atoms with Crippen LogP contribution in [0.2, 0.25) is 0 Å². The predicted octanol–water partition coefficient (Wildman–Crippen LogP) is 2.48. The first kappa shape index (κ1) is 18.4. The monoisotopic (exact) mass is 353 g/mol. The summed E-state index contributed by atoms with van der Waals surface area (Å²) in [5, 5.41) is 0. The Hall–Kier alpha value is -2.37. The van der Waals surface area contributed by atoms with Crippen LogP contribution in [-0.4, -0.2) is 62.6 Å². The van der Waals surface area contributed by atoms with Crippen LogP contribution >= 0.6 is 0 Å². The van der Waals surface area contributed by atoms with Gasteiger partial charge in [0.25, 0.3) is 0 Å². The summed E-state index contributed by atoms with van der Waals surface area (Å²) in [6.07, 6.45) is 0. The maximum atomic E-state index is 12.5. The highest BCUT2D eigenvalue weighted by molar-refractivity contribution is 5.94. The van der Waals surface area contributed by atoms with Gasteiger partial charge in [0.15, 0.2) is 0 Å². The predicted molar refractivity (Wildman–Crippen MR) is 105 cm³/mol. The molecular formula is C21H27N3O2. The minimum Gasteiger partial charge on any atom is -0.497 e. The first-order valence-corrected chi connectivity index (χ1v) is 9.05. The number of anilines is 1. The standard InChI is InChI=1S/C21H27N3O2/c1-22(19-6-4-3-5-7-19)21(25)17-24-14-12-23(13-15-24)16-18-8-10-20(26-2)11-9-18/h3-11H,12-17H2,1-2H3. The highest BCUT2D eigenvalue weighted by Crippen LogP contribution is 2.15. The molecule has 0 bridgehead atoms. The zero-order chi connectivity index (χ0) is 18.4. The Balaban J connectivity index is 1.45. The van der Waals surface area contributed by atoms with E-state index >= 15 is 0 Å². The molecule has 26 heavy (non-hydrogen) atoms. The Morgan fingerprint density at radius 3 is 2.19 bits per heavy atom. The fraction of sp³-hybridized carbons (Fsp3) is 0.381. The van der Waals surface area contributed by atoms with Gasteiger partial charge in [0, 0.05) is 45.5 Å². The summed E-state index contributed by atoms with van der Waals surface area (Å²) < 4.78 is 5.21. The van der Waals surface area contributed by atoms with E-state index < -0.39 is 0 Å². The van der Waals surface area contributed by atoms with Crippen molar-refractivity contribution < 1.29 is 9.53 Å². The maximum absolute atomic E-state index is 12.5. The summed E-state index contributed by atoms with van der Waals surface area (Å²) in [6, 6.07) is 18.0. The summed E-state index contributed by atoms with van der Waals surface area (Å²) in [5.41, 5.74) is 2.23. The molecule has 5 nitrogen and oxygen atoms in total. The maximum Gasteiger partial charge on any atom is 0.240 e. The molecule has 0 spiro atoms. The normalized spacial score (nSPS) is 15.6. The van der Waals surface area contributed by atoms with E-state index in [0.717, 1.165) is 44.2 Å². The Morgan fingerprint density at radius 2 is 1.58 bits per heavy atom. The number of methoxy groups -OCH3 is 1. The van der Waals surface area contributed by atoms with Crippen LogP contribution in [0, 0.1) is 0 Å². The lowest BCUT2D eigenvalue weighted by atomic mass is 10.2.